The van der Waals surface area contributed by atoms with Crippen molar-refractivity contribution in [2.24, 2.45) is 15.3 Å². The number of rotatable bonds is 18. The maximum Gasteiger partial charge on any atom is 0.329 e. The minimum atomic E-state index is -0.944. The van der Waals surface area contributed by atoms with E-state index in [-0.39, 0.29) is 38.9 Å². The molecule has 35 heavy (non-hydrogen) atoms. The summed E-state index contributed by atoms with van der Waals surface area (Å²) in [5, 5.41) is 15.6. The first-order valence-corrected chi connectivity index (χ1v) is 11.5. The molecule has 0 saturated carbocycles. The molecule has 0 heterocycles. The predicted molar refractivity (Wildman–Crippen MR) is 129 cm³/mol. The van der Waals surface area contributed by atoms with Crippen LogP contribution >= 0.6 is 0 Å². The van der Waals surface area contributed by atoms with Crippen molar-refractivity contribution < 1.29 is 19.1 Å². The van der Waals surface area contributed by atoms with Gasteiger partial charge in [0.25, 0.3) is 0 Å². The Balaban J connectivity index is 5.30. The molecule has 2 N–H and O–H groups in total. The van der Waals surface area contributed by atoms with Crippen LogP contribution < -0.4 is 10.6 Å². The number of esters is 1. The van der Waals surface area contributed by atoms with Gasteiger partial charge in [0.2, 0.25) is 11.8 Å². The molecule has 194 valence electrons. The second kappa shape index (κ2) is 18.7. The van der Waals surface area contributed by atoms with Crippen molar-refractivity contribution in [1.82, 2.24) is 10.6 Å². The Morgan fingerprint density at radius 1 is 0.771 bits per heavy atom. The number of azide groups is 3. The van der Waals surface area contributed by atoms with Crippen molar-refractivity contribution in [3.63, 3.8) is 0 Å². The van der Waals surface area contributed by atoms with Gasteiger partial charge in [-0.2, -0.15) is 0 Å². The molecule has 0 spiro atoms. The number of unbranched alkanes of at least 4 members (excludes halogenated alkanes) is 2. The van der Waals surface area contributed by atoms with E-state index in [4.69, 9.17) is 21.3 Å². The summed E-state index contributed by atoms with van der Waals surface area (Å²) >= 11 is 0. The van der Waals surface area contributed by atoms with Crippen molar-refractivity contribution in [1.29, 1.82) is 0 Å². The molecule has 15 heteroatoms. The number of hydrogen-bond acceptors (Lipinski definition) is 7. The largest absolute Gasteiger partial charge is 0.458 e. The maximum absolute atomic E-state index is 13.0. The quantitative estimate of drug-likeness (QED) is 0.0931. The van der Waals surface area contributed by atoms with Gasteiger partial charge in [-0.25, -0.2) is 4.79 Å². The third-order valence-electron chi connectivity index (χ3n) is 4.51. The van der Waals surface area contributed by atoms with Crippen molar-refractivity contribution in [2.45, 2.75) is 89.8 Å². The second-order valence-electron chi connectivity index (χ2n) is 8.67. The average Bonchev–Trinajstić information content (AvgIpc) is 2.78. The van der Waals surface area contributed by atoms with Crippen LogP contribution in [-0.4, -0.2) is 55.1 Å². The first-order valence-electron chi connectivity index (χ1n) is 11.5. The second-order valence-corrected chi connectivity index (χ2v) is 8.67. The number of ether oxygens (including phenoxy) is 1. The topological polar surface area (TPSA) is 231 Å². The van der Waals surface area contributed by atoms with Crippen LogP contribution in [0.5, 0.6) is 0 Å². The van der Waals surface area contributed by atoms with Gasteiger partial charge in [-0.3, -0.25) is 9.59 Å². The molecule has 2 amide bonds. The molecule has 0 aromatic carbocycles. The van der Waals surface area contributed by atoms with Crippen LogP contribution in [0.2, 0.25) is 0 Å². The van der Waals surface area contributed by atoms with Crippen LogP contribution in [0.3, 0.4) is 0 Å². The van der Waals surface area contributed by atoms with Crippen LogP contribution in [0.1, 0.15) is 72.1 Å². The van der Waals surface area contributed by atoms with E-state index in [0.717, 1.165) is 0 Å². The molecule has 0 aliphatic rings. The first kappa shape index (κ1) is 31.3. The lowest BCUT2D eigenvalue weighted by atomic mass is 10.1. The summed E-state index contributed by atoms with van der Waals surface area (Å²) in [6, 6.07) is -1.86. The normalized spacial score (nSPS) is 12.1. The number of nitrogens with zero attached hydrogens (tertiary/aromatic N) is 9. The van der Waals surface area contributed by atoms with E-state index in [9.17, 15) is 14.4 Å². The van der Waals surface area contributed by atoms with Gasteiger partial charge in [-0.1, -0.05) is 28.2 Å². The molecular formula is C20H35N11O4. The van der Waals surface area contributed by atoms with E-state index in [1.54, 1.807) is 20.8 Å². The van der Waals surface area contributed by atoms with Crippen molar-refractivity contribution in [3.8, 4) is 0 Å². The number of hydrogen-bond donors (Lipinski definition) is 2. The summed E-state index contributed by atoms with van der Waals surface area (Å²) in [7, 11) is 0. The van der Waals surface area contributed by atoms with Crippen molar-refractivity contribution >= 4 is 17.8 Å². The Morgan fingerprint density at radius 2 is 1.26 bits per heavy atom. The van der Waals surface area contributed by atoms with Crippen LogP contribution in [0, 0.1) is 0 Å². The molecule has 0 aliphatic carbocycles. The van der Waals surface area contributed by atoms with E-state index in [2.05, 4.69) is 40.7 Å². The number of carbonyl (C=O) groups excluding carboxylic acids is 3. The number of nitrogens with one attached hydrogen (secondary N) is 2. The van der Waals surface area contributed by atoms with E-state index < -0.39 is 35.5 Å². The maximum atomic E-state index is 13.0. The molecule has 15 nitrogen and oxygen atoms in total. The Bertz CT molecular complexity index is 823. The zero-order chi connectivity index (χ0) is 26.5. The molecule has 2 atom stereocenters. The standard InChI is InChI=1S/C20H35N11O4/c1-20(2,3)35-19(34)16(10-5-7-13-25-30-22)28-18(33)15(9-4-6-12-24-29-21)27-17(32)11-8-14-26-31-23/h15-16H,4-14H2,1-3H3,(H,27,32)(H,28,33)/t15-,16-/m0/s1. The summed E-state index contributed by atoms with van der Waals surface area (Å²) in [6.07, 6.45) is 2.99. The Morgan fingerprint density at radius 3 is 1.74 bits per heavy atom. The molecule has 0 bridgehead atoms. The van der Waals surface area contributed by atoms with Gasteiger partial charge in [0, 0.05) is 40.8 Å². The van der Waals surface area contributed by atoms with Crippen molar-refractivity contribution in [2.75, 3.05) is 19.6 Å². The van der Waals surface area contributed by atoms with Gasteiger partial charge in [0.1, 0.15) is 17.7 Å². The highest BCUT2D eigenvalue weighted by atomic mass is 16.6. The Labute approximate surface area is 204 Å². The SMILES string of the molecule is CC(C)(C)OC(=O)[C@H](CCCCN=[N+]=[N-])NC(=O)[C@H](CCCCN=[N+]=[N-])NC(=O)CCCN=[N+]=[N-]. The minimum absolute atomic E-state index is 0.0659. The summed E-state index contributed by atoms with van der Waals surface area (Å²) in [5.41, 5.74) is 24.4. The Hall–Kier alpha value is -3.66. The molecule has 0 saturated heterocycles. The Kier molecular flexibility index (Phi) is 16.8. The van der Waals surface area contributed by atoms with Crippen molar-refractivity contribution in [3.05, 3.63) is 31.3 Å². The van der Waals surface area contributed by atoms with Crippen LogP contribution in [-0.2, 0) is 19.1 Å². The van der Waals surface area contributed by atoms with Gasteiger partial charge >= 0.3 is 5.97 Å². The average molecular weight is 494 g/mol. The van der Waals surface area contributed by atoms with E-state index in [1.807, 2.05) is 0 Å². The summed E-state index contributed by atoms with van der Waals surface area (Å²) < 4.78 is 5.43. The lowest BCUT2D eigenvalue weighted by Gasteiger charge is -2.26. The molecule has 0 unspecified atom stereocenters. The van der Waals surface area contributed by atoms with Crippen LogP contribution in [0.4, 0.5) is 0 Å². The minimum Gasteiger partial charge on any atom is -0.458 e. The van der Waals surface area contributed by atoms with E-state index in [1.165, 1.54) is 0 Å². The van der Waals surface area contributed by atoms with Crippen LogP contribution in [0.15, 0.2) is 15.3 Å². The molecule has 0 aromatic heterocycles. The highest BCUT2D eigenvalue weighted by Gasteiger charge is 2.29. The van der Waals surface area contributed by atoms with Gasteiger partial charge in [-0.05, 0) is 69.5 Å². The van der Waals surface area contributed by atoms with Crippen LogP contribution in [0.25, 0.3) is 31.3 Å². The number of carbonyl (C=O) groups is 3. The monoisotopic (exact) mass is 493 g/mol. The smallest absolute Gasteiger partial charge is 0.329 e. The number of amides is 2. The fourth-order valence-electron chi connectivity index (χ4n) is 2.94. The van der Waals surface area contributed by atoms with Gasteiger partial charge in [-0.15, -0.1) is 0 Å². The highest BCUT2D eigenvalue weighted by molar-refractivity contribution is 5.90. The fourth-order valence-corrected chi connectivity index (χ4v) is 2.94. The summed E-state index contributed by atoms with van der Waals surface area (Å²) in [5.74, 6) is -1.53. The molecule has 0 aromatic rings. The van der Waals surface area contributed by atoms with Gasteiger partial charge in [0.05, 0.1) is 0 Å². The van der Waals surface area contributed by atoms with Gasteiger partial charge < -0.3 is 15.4 Å². The molecular weight excluding hydrogens is 458 g/mol. The van der Waals surface area contributed by atoms with Gasteiger partial charge in [0.15, 0.2) is 0 Å². The highest BCUT2D eigenvalue weighted by Crippen LogP contribution is 2.13. The predicted octanol–water partition coefficient (Wildman–Crippen LogP) is 4.35. The zero-order valence-electron chi connectivity index (χ0n) is 20.6. The molecule has 0 rings (SSSR count). The summed E-state index contributed by atoms with van der Waals surface area (Å²) in [4.78, 5) is 46.1. The third kappa shape index (κ3) is 17.5. The third-order valence-corrected chi connectivity index (χ3v) is 4.51. The summed E-state index contributed by atoms with van der Waals surface area (Å²) in [6.45, 7) is 5.84. The molecule has 0 aliphatic heterocycles. The van der Waals surface area contributed by atoms with E-state index in [0.29, 0.717) is 32.1 Å². The molecule has 0 fully saturated rings. The lowest BCUT2D eigenvalue weighted by Crippen LogP contribution is -2.52. The first-order chi connectivity index (χ1) is 16.6. The fraction of sp³-hybridized carbons (Fsp3) is 0.850. The lowest BCUT2D eigenvalue weighted by molar-refractivity contribution is -0.159. The van der Waals surface area contributed by atoms with E-state index >= 15 is 0 Å². The molecule has 0 radical (unpaired) electrons. The zero-order valence-corrected chi connectivity index (χ0v) is 20.6.